The number of pyridine rings is 1. The highest BCUT2D eigenvalue weighted by atomic mass is 19.2. The number of halogens is 6. The van der Waals surface area contributed by atoms with Crippen molar-refractivity contribution < 1.29 is 31.1 Å². The molecule has 38 heavy (non-hydrogen) atoms. The molecule has 0 saturated carbocycles. The third-order valence-electron chi connectivity index (χ3n) is 5.93. The van der Waals surface area contributed by atoms with Gasteiger partial charge in [-0.05, 0) is 37.6 Å². The van der Waals surface area contributed by atoms with E-state index in [1.54, 1.807) is 19.1 Å². The summed E-state index contributed by atoms with van der Waals surface area (Å²) in [6.45, 7) is 3.69. The lowest BCUT2D eigenvalue weighted by Crippen LogP contribution is -2.01. The predicted molar refractivity (Wildman–Crippen MR) is 135 cm³/mol. The van der Waals surface area contributed by atoms with Crippen LogP contribution in [0, 0.1) is 34.9 Å². The molecule has 0 radical (unpaired) electrons. The largest absolute Gasteiger partial charge is 0.491 e. The molecule has 0 saturated heterocycles. The summed E-state index contributed by atoms with van der Waals surface area (Å²) in [6, 6.07) is 9.71. The first-order valence-corrected chi connectivity index (χ1v) is 12.0. The molecule has 0 amide bonds. The van der Waals surface area contributed by atoms with Crippen LogP contribution in [0.1, 0.15) is 32.4 Å². The van der Waals surface area contributed by atoms with E-state index in [0.29, 0.717) is 11.3 Å². The molecular formula is C30H23F6NO. The molecule has 0 N–H and O–H groups in total. The molecule has 4 aromatic rings. The van der Waals surface area contributed by atoms with Gasteiger partial charge >= 0.3 is 0 Å². The average molecular weight is 528 g/mol. The Morgan fingerprint density at radius 2 is 1.13 bits per heavy atom. The van der Waals surface area contributed by atoms with Gasteiger partial charge in [0.25, 0.3) is 0 Å². The van der Waals surface area contributed by atoms with E-state index in [1.807, 2.05) is 19.1 Å². The van der Waals surface area contributed by atoms with Gasteiger partial charge in [0.15, 0.2) is 34.8 Å². The third-order valence-corrected chi connectivity index (χ3v) is 5.93. The second-order valence-corrected chi connectivity index (χ2v) is 8.41. The highest BCUT2D eigenvalue weighted by Gasteiger charge is 2.24. The van der Waals surface area contributed by atoms with Gasteiger partial charge in [-0.3, -0.25) is 4.98 Å². The van der Waals surface area contributed by atoms with Crippen LogP contribution in [0.5, 0.6) is 5.75 Å². The maximum atomic E-state index is 15.1. The predicted octanol–water partition coefficient (Wildman–Crippen LogP) is 9.13. The zero-order valence-electron chi connectivity index (χ0n) is 20.6. The Hall–Kier alpha value is -4.07. The van der Waals surface area contributed by atoms with Crippen LogP contribution in [-0.4, -0.2) is 11.6 Å². The van der Waals surface area contributed by atoms with Gasteiger partial charge in [-0.1, -0.05) is 49.8 Å². The van der Waals surface area contributed by atoms with Crippen LogP contribution >= 0.6 is 0 Å². The van der Waals surface area contributed by atoms with Gasteiger partial charge in [0.1, 0.15) is 0 Å². The van der Waals surface area contributed by atoms with E-state index in [-0.39, 0.29) is 17.9 Å². The monoisotopic (exact) mass is 527 g/mol. The molecule has 0 aliphatic carbocycles. The maximum absolute atomic E-state index is 15.1. The van der Waals surface area contributed by atoms with Crippen LogP contribution in [0.15, 0.2) is 60.8 Å². The van der Waals surface area contributed by atoms with Crippen molar-refractivity contribution in [2.75, 3.05) is 6.61 Å². The number of hydrogen-bond donors (Lipinski definition) is 0. The summed E-state index contributed by atoms with van der Waals surface area (Å²) in [5.74, 6) is -8.88. The summed E-state index contributed by atoms with van der Waals surface area (Å²) in [5.41, 5.74) is -1.38. The van der Waals surface area contributed by atoms with Crippen molar-refractivity contribution >= 4 is 6.08 Å². The van der Waals surface area contributed by atoms with Gasteiger partial charge in [-0.2, -0.15) is 4.39 Å². The number of benzene rings is 3. The Balaban J connectivity index is 1.69. The molecular weight excluding hydrogens is 504 g/mol. The molecule has 1 heterocycles. The molecule has 8 heteroatoms. The van der Waals surface area contributed by atoms with Crippen LogP contribution < -0.4 is 4.74 Å². The molecule has 196 valence electrons. The van der Waals surface area contributed by atoms with E-state index in [2.05, 4.69) is 4.98 Å². The smallest absolute Gasteiger partial charge is 0.201 e. The molecule has 0 aliphatic rings. The number of allylic oxidation sites excluding steroid dienone is 1. The fourth-order valence-electron chi connectivity index (χ4n) is 3.99. The molecule has 2 nitrogen and oxygen atoms in total. The van der Waals surface area contributed by atoms with Gasteiger partial charge in [-0.15, -0.1) is 0 Å². The standard InChI is InChI=1S/C30H23F6NO/c1-3-5-6-7-18-9-8-17(16-37-18)19-10-11-20(26(32)25(19)31)21-12-13-22(28(34)27(21)33)23-14-15-24(38-4-2)30(36)29(23)35/h6-16H,3-5H2,1-2H3. The molecule has 3 aromatic carbocycles. The summed E-state index contributed by atoms with van der Waals surface area (Å²) in [5, 5.41) is 0. The molecule has 4 rings (SSSR count). The van der Waals surface area contributed by atoms with Crippen molar-refractivity contribution in [1.29, 1.82) is 0 Å². The summed E-state index contributed by atoms with van der Waals surface area (Å²) in [6.07, 6.45) is 7.03. The highest BCUT2D eigenvalue weighted by Crippen LogP contribution is 2.37. The van der Waals surface area contributed by atoms with Crippen LogP contribution in [-0.2, 0) is 0 Å². The minimum Gasteiger partial charge on any atom is -0.491 e. The number of unbranched alkanes of at least 4 members (excludes halogenated alkanes) is 1. The topological polar surface area (TPSA) is 22.1 Å². The Morgan fingerprint density at radius 3 is 1.63 bits per heavy atom. The molecule has 0 unspecified atom stereocenters. The molecule has 0 aliphatic heterocycles. The second kappa shape index (κ2) is 11.5. The van der Waals surface area contributed by atoms with E-state index >= 15 is 13.2 Å². The van der Waals surface area contributed by atoms with Crippen LogP contribution in [0.25, 0.3) is 39.5 Å². The van der Waals surface area contributed by atoms with Crippen molar-refractivity contribution in [2.45, 2.75) is 26.7 Å². The number of aromatic nitrogens is 1. The Bertz CT molecular complexity index is 1500. The van der Waals surface area contributed by atoms with Crippen LogP contribution in [0.4, 0.5) is 26.3 Å². The van der Waals surface area contributed by atoms with Gasteiger partial charge in [0.05, 0.1) is 12.3 Å². The Morgan fingerprint density at radius 1 is 0.632 bits per heavy atom. The minimum atomic E-state index is -1.54. The first kappa shape index (κ1) is 27.0. The summed E-state index contributed by atoms with van der Waals surface area (Å²) in [7, 11) is 0. The van der Waals surface area contributed by atoms with Crippen molar-refractivity contribution in [3.63, 3.8) is 0 Å². The molecule has 0 atom stereocenters. The van der Waals surface area contributed by atoms with Crippen molar-refractivity contribution in [3.05, 3.63) is 101 Å². The lowest BCUT2D eigenvalue weighted by atomic mass is 9.96. The van der Waals surface area contributed by atoms with Crippen molar-refractivity contribution in [2.24, 2.45) is 0 Å². The van der Waals surface area contributed by atoms with E-state index in [4.69, 9.17) is 4.74 Å². The van der Waals surface area contributed by atoms with Crippen molar-refractivity contribution in [3.8, 4) is 39.1 Å². The summed E-state index contributed by atoms with van der Waals surface area (Å²) >= 11 is 0. The molecule has 0 spiro atoms. The fourth-order valence-corrected chi connectivity index (χ4v) is 3.99. The summed E-state index contributed by atoms with van der Waals surface area (Å²) in [4.78, 5) is 4.22. The fraction of sp³-hybridized carbons (Fsp3) is 0.167. The van der Waals surface area contributed by atoms with E-state index in [9.17, 15) is 13.2 Å². The van der Waals surface area contributed by atoms with E-state index in [0.717, 1.165) is 43.2 Å². The normalized spacial score (nSPS) is 11.4. The third kappa shape index (κ3) is 5.16. The minimum absolute atomic E-state index is 0.0759. The van der Waals surface area contributed by atoms with Gasteiger partial charge in [0, 0.05) is 39.6 Å². The quantitative estimate of drug-likeness (QED) is 0.213. The summed E-state index contributed by atoms with van der Waals surface area (Å²) < 4.78 is 93.9. The molecule has 1 aromatic heterocycles. The van der Waals surface area contributed by atoms with Gasteiger partial charge < -0.3 is 4.74 Å². The van der Waals surface area contributed by atoms with Crippen molar-refractivity contribution in [1.82, 2.24) is 4.98 Å². The second-order valence-electron chi connectivity index (χ2n) is 8.41. The van der Waals surface area contributed by atoms with Gasteiger partial charge in [0.2, 0.25) is 5.82 Å². The molecule has 0 bridgehead atoms. The maximum Gasteiger partial charge on any atom is 0.201 e. The average Bonchev–Trinajstić information content (AvgIpc) is 2.91. The lowest BCUT2D eigenvalue weighted by molar-refractivity contribution is 0.314. The lowest BCUT2D eigenvalue weighted by Gasteiger charge is -2.13. The van der Waals surface area contributed by atoms with Gasteiger partial charge in [-0.25, -0.2) is 22.0 Å². The Labute approximate surface area is 216 Å². The molecule has 0 fully saturated rings. The van der Waals surface area contributed by atoms with E-state index in [1.165, 1.54) is 12.3 Å². The highest BCUT2D eigenvalue weighted by molar-refractivity contribution is 5.75. The van der Waals surface area contributed by atoms with Crippen LogP contribution in [0.2, 0.25) is 0 Å². The number of ether oxygens (including phenoxy) is 1. The first-order chi connectivity index (χ1) is 18.3. The zero-order chi connectivity index (χ0) is 27.4. The SMILES string of the molecule is CCCC=Cc1ccc(-c2ccc(-c3ccc(-c4ccc(OCC)c(F)c4F)c(F)c3F)c(F)c2F)cn1. The number of hydrogen-bond acceptors (Lipinski definition) is 2. The number of nitrogens with zero attached hydrogens (tertiary/aromatic N) is 1. The Kier molecular flexibility index (Phi) is 8.20. The van der Waals surface area contributed by atoms with E-state index < -0.39 is 57.2 Å². The number of rotatable bonds is 8. The first-order valence-electron chi connectivity index (χ1n) is 12.0. The zero-order valence-corrected chi connectivity index (χ0v) is 20.6. The van der Waals surface area contributed by atoms with Crippen LogP contribution in [0.3, 0.4) is 0 Å².